The quantitative estimate of drug-likeness (QED) is 0.382. The summed E-state index contributed by atoms with van der Waals surface area (Å²) in [5.41, 5.74) is 9.14. The van der Waals surface area contributed by atoms with Gasteiger partial charge in [-0.2, -0.15) is 5.10 Å². The molecule has 0 atom stereocenters. The van der Waals surface area contributed by atoms with Crippen LogP contribution in [-0.2, 0) is 0 Å². The molecule has 3 rings (SSSR count). The summed E-state index contributed by atoms with van der Waals surface area (Å²) in [6, 6.07) is 8.46. The van der Waals surface area contributed by atoms with E-state index in [4.69, 9.17) is 10.2 Å². The topological polar surface area (TPSA) is 101 Å². The van der Waals surface area contributed by atoms with Crippen molar-refractivity contribution in [3.63, 3.8) is 0 Å². The Bertz CT molecular complexity index is 856. The van der Waals surface area contributed by atoms with E-state index in [1.54, 1.807) is 30.3 Å². The largest absolute Gasteiger partial charge is 0.455 e. The normalized spacial score (nSPS) is 13.7. The van der Waals surface area contributed by atoms with E-state index in [0.29, 0.717) is 28.2 Å². The lowest BCUT2D eigenvalue weighted by Gasteiger charge is -2.02. The highest BCUT2D eigenvalue weighted by Crippen LogP contribution is 2.28. The molecule has 23 heavy (non-hydrogen) atoms. The molecule has 2 aromatic rings. The van der Waals surface area contributed by atoms with Crippen molar-refractivity contribution < 1.29 is 14.0 Å². The van der Waals surface area contributed by atoms with Gasteiger partial charge in [0.15, 0.2) is 5.11 Å². The van der Waals surface area contributed by atoms with Gasteiger partial charge in [0, 0.05) is 12.6 Å². The Morgan fingerprint density at radius 3 is 2.74 bits per heavy atom. The number of thiocarbonyl (C=S) groups is 1. The number of amides is 2. The van der Waals surface area contributed by atoms with E-state index in [9.17, 15) is 9.59 Å². The molecule has 0 aliphatic carbocycles. The van der Waals surface area contributed by atoms with Gasteiger partial charge in [0.25, 0.3) is 11.8 Å². The van der Waals surface area contributed by atoms with Gasteiger partial charge in [-0.05, 0) is 36.5 Å². The van der Waals surface area contributed by atoms with Crippen LogP contribution in [0.15, 0.2) is 39.9 Å². The molecule has 0 saturated carbocycles. The minimum atomic E-state index is -0.319. The highest BCUT2D eigenvalue weighted by Gasteiger charge is 2.32. The summed E-state index contributed by atoms with van der Waals surface area (Å²) in [6.45, 7) is 0. The molecule has 0 fully saturated rings. The van der Waals surface area contributed by atoms with Gasteiger partial charge in [0.2, 0.25) is 0 Å². The second-order valence-corrected chi connectivity index (χ2v) is 5.31. The van der Waals surface area contributed by atoms with Gasteiger partial charge in [-0.3, -0.25) is 19.9 Å². The SMILES string of the molecule is CN1C(=O)c2ccc(-c3ccc(C=NNC(N)=S)o3)cc2C1=O. The first-order chi connectivity index (χ1) is 11.0. The molecule has 116 valence electrons. The van der Waals surface area contributed by atoms with Crippen molar-refractivity contribution in [3.8, 4) is 11.3 Å². The Balaban J connectivity index is 1.88. The number of nitrogens with zero attached hydrogens (tertiary/aromatic N) is 2. The zero-order valence-corrected chi connectivity index (χ0v) is 12.9. The fourth-order valence-corrected chi connectivity index (χ4v) is 2.30. The van der Waals surface area contributed by atoms with E-state index >= 15 is 0 Å². The smallest absolute Gasteiger partial charge is 0.261 e. The zero-order chi connectivity index (χ0) is 16.6. The average molecular weight is 328 g/mol. The van der Waals surface area contributed by atoms with Gasteiger partial charge in [-0.15, -0.1) is 0 Å². The number of nitrogens with two attached hydrogens (primary N) is 1. The maximum absolute atomic E-state index is 12.0. The Morgan fingerprint density at radius 1 is 1.26 bits per heavy atom. The Labute approximate surface area is 136 Å². The molecular weight excluding hydrogens is 316 g/mol. The van der Waals surface area contributed by atoms with Crippen LogP contribution >= 0.6 is 12.2 Å². The number of imide groups is 1. The lowest BCUT2D eigenvalue weighted by Crippen LogP contribution is -2.24. The summed E-state index contributed by atoms with van der Waals surface area (Å²) in [5, 5.41) is 3.85. The lowest BCUT2D eigenvalue weighted by molar-refractivity contribution is 0.0693. The highest BCUT2D eigenvalue weighted by molar-refractivity contribution is 7.80. The monoisotopic (exact) mass is 328 g/mol. The molecular formula is C15H12N4O3S. The number of benzene rings is 1. The summed E-state index contributed by atoms with van der Waals surface area (Å²) in [5.74, 6) is 0.427. The minimum Gasteiger partial charge on any atom is -0.455 e. The summed E-state index contributed by atoms with van der Waals surface area (Å²) in [7, 11) is 1.46. The fourth-order valence-electron chi connectivity index (χ4n) is 2.25. The molecule has 0 spiro atoms. The van der Waals surface area contributed by atoms with Gasteiger partial charge in [0.1, 0.15) is 11.5 Å². The number of carbonyl (C=O) groups is 2. The lowest BCUT2D eigenvalue weighted by atomic mass is 10.0. The molecule has 1 aliphatic heterocycles. The van der Waals surface area contributed by atoms with Crippen molar-refractivity contribution in [2.24, 2.45) is 10.8 Å². The molecule has 0 unspecified atom stereocenters. The summed E-state index contributed by atoms with van der Waals surface area (Å²) >= 11 is 4.63. The zero-order valence-electron chi connectivity index (χ0n) is 12.1. The van der Waals surface area contributed by atoms with Crippen LogP contribution in [0.2, 0.25) is 0 Å². The van der Waals surface area contributed by atoms with Crippen molar-refractivity contribution in [3.05, 3.63) is 47.2 Å². The standard InChI is InChI=1S/C15H12N4O3S/c1-19-13(20)10-4-2-8(6-11(10)14(19)21)12-5-3-9(22-12)7-17-18-15(16)23/h2-7H,1H3,(H3,16,18,23). The average Bonchev–Trinajstić information content (AvgIpc) is 3.07. The predicted molar refractivity (Wildman–Crippen MR) is 88.1 cm³/mol. The van der Waals surface area contributed by atoms with Crippen LogP contribution in [0.25, 0.3) is 11.3 Å². The van der Waals surface area contributed by atoms with Gasteiger partial charge in [-0.1, -0.05) is 6.07 Å². The molecule has 0 bridgehead atoms. The van der Waals surface area contributed by atoms with E-state index in [1.807, 2.05) is 0 Å². The first-order valence-electron chi connectivity index (χ1n) is 6.62. The Hall–Kier alpha value is -3.00. The van der Waals surface area contributed by atoms with Crippen LogP contribution in [-0.4, -0.2) is 35.1 Å². The van der Waals surface area contributed by atoms with Crippen molar-refractivity contribution in [2.75, 3.05) is 7.05 Å². The van der Waals surface area contributed by atoms with Gasteiger partial charge in [0.05, 0.1) is 17.3 Å². The van der Waals surface area contributed by atoms with Crippen molar-refractivity contribution >= 4 is 35.4 Å². The third kappa shape index (κ3) is 2.71. The van der Waals surface area contributed by atoms with E-state index in [-0.39, 0.29) is 16.9 Å². The van der Waals surface area contributed by atoms with Crippen LogP contribution in [0.5, 0.6) is 0 Å². The van der Waals surface area contributed by atoms with Crippen LogP contribution in [0, 0.1) is 0 Å². The molecule has 7 nitrogen and oxygen atoms in total. The molecule has 8 heteroatoms. The predicted octanol–water partition coefficient (Wildman–Crippen LogP) is 1.34. The number of hydrogen-bond donors (Lipinski definition) is 2. The van der Waals surface area contributed by atoms with E-state index < -0.39 is 0 Å². The van der Waals surface area contributed by atoms with Crippen molar-refractivity contribution in [2.45, 2.75) is 0 Å². The van der Waals surface area contributed by atoms with Crippen LogP contribution in [0.4, 0.5) is 0 Å². The van der Waals surface area contributed by atoms with Gasteiger partial charge < -0.3 is 10.2 Å². The third-order valence-corrected chi connectivity index (χ3v) is 3.46. The first kappa shape index (κ1) is 14.9. The Morgan fingerprint density at radius 2 is 2.00 bits per heavy atom. The molecule has 1 aromatic heterocycles. The van der Waals surface area contributed by atoms with E-state index in [0.717, 1.165) is 4.90 Å². The summed E-state index contributed by atoms with van der Waals surface area (Å²) in [6.07, 6.45) is 1.43. The molecule has 1 aromatic carbocycles. The van der Waals surface area contributed by atoms with Crippen LogP contribution in [0.1, 0.15) is 26.5 Å². The van der Waals surface area contributed by atoms with Crippen LogP contribution < -0.4 is 11.2 Å². The summed E-state index contributed by atoms with van der Waals surface area (Å²) in [4.78, 5) is 25.0. The fraction of sp³-hybridized carbons (Fsp3) is 0.0667. The molecule has 1 aliphatic rings. The molecule has 2 amide bonds. The number of rotatable bonds is 3. The highest BCUT2D eigenvalue weighted by atomic mass is 32.1. The summed E-state index contributed by atoms with van der Waals surface area (Å²) < 4.78 is 5.62. The number of carbonyl (C=O) groups excluding carboxylic acids is 2. The second-order valence-electron chi connectivity index (χ2n) is 4.87. The molecule has 0 radical (unpaired) electrons. The maximum Gasteiger partial charge on any atom is 0.261 e. The molecule has 2 heterocycles. The maximum atomic E-state index is 12.0. The number of nitrogens with one attached hydrogen (secondary N) is 1. The third-order valence-electron chi connectivity index (χ3n) is 3.37. The van der Waals surface area contributed by atoms with Crippen molar-refractivity contribution in [1.29, 1.82) is 0 Å². The molecule has 0 saturated heterocycles. The van der Waals surface area contributed by atoms with Crippen molar-refractivity contribution in [1.82, 2.24) is 10.3 Å². The Kier molecular flexibility index (Phi) is 3.67. The number of hydrogen-bond acceptors (Lipinski definition) is 5. The first-order valence-corrected chi connectivity index (χ1v) is 7.03. The van der Waals surface area contributed by atoms with Gasteiger partial charge in [-0.25, -0.2) is 0 Å². The van der Waals surface area contributed by atoms with Crippen LogP contribution in [0.3, 0.4) is 0 Å². The minimum absolute atomic E-state index is 0.0546. The van der Waals surface area contributed by atoms with E-state index in [2.05, 4.69) is 22.7 Å². The van der Waals surface area contributed by atoms with Gasteiger partial charge >= 0.3 is 0 Å². The second kappa shape index (κ2) is 5.65. The number of hydrazone groups is 1. The van der Waals surface area contributed by atoms with E-state index in [1.165, 1.54) is 13.3 Å². The molecule has 3 N–H and O–H groups in total. The number of fused-ring (bicyclic) bond motifs is 1. The number of furan rings is 1.